The number of benzene rings is 2. The molecule has 1 N–H and O–H groups in total. The highest BCUT2D eigenvalue weighted by molar-refractivity contribution is 7.18. The molecule has 0 amide bonds. The van der Waals surface area contributed by atoms with E-state index in [-0.39, 0.29) is 5.92 Å². The van der Waals surface area contributed by atoms with Crippen LogP contribution in [0.3, 0.4) is 0 Å². The summed E-state index contributed by atoms with van der Waals surface area (Å²) in [6, 6.07) is 17.3. The second kappa shape index (κ2) is 9.11. The van der Waals surface area contributed by atoms with Gasteiger partial charge in [0.05, 0.1) is 10.8 Å². The van der Waals surface area contributed by atoms with Crippen LogP contribution < -0.4 is 0 Å². The van der Waals surface area contributed by atoms with Gasteiger partial charge in [-0.3, -0.25) is 9.69 Å². The summed E-state index contributed by atoms with van der Waals surface area (Å²) in [4.78, 5) is 19.3. The molecule has 2 heterocycles. The fraction of sp³-hybridized carbons (Fsp3) is 0.360. The molecule has 1 saturated heterocycles. The lowest BCUT2D eigenvalue weighted by Gasteiger charge is -2.30. The van der Waals surface area contributed by atoms with E-state index in [2.05, 4.69) is 72.3 Å². The van der Waals surface area contributed by atoms with E-state index in [1.54, 1.807) is 11.3 Å². The predicted octanol–water partition coefficient (Wildman–Crippen LogP) is 5.90. The van der Waals surface area contributed by atoms with Gasteiger partial charge in [-0.15, -0.1) is 11.3 Å². The van der Waals surface area contributed by atoms with E-state index in [1.165, 1.54) is 21.6 Å². The van der Waals surface area contributed by atoms with Crippen molar-refractivity contribution in [3.8, 4) is 21.0 Å². The highest BCUT2D eigenvalue weighted by Crippen LogP contribution is 2.33. The molecule has 1 aliphatic heterocycles. The Morgan fingerprint density at radius 2 is 1.83 bits per heavy atom. The van der Waals surface area contributed by atoms with Crippen molar-refractivity contribution in [3.05, 3.63) is 65.9 Å². The molecule has 1 atom stereocenters. The van der Waals surface area contributed by atoms with Crippen molar-refractivity contribution in [2.75, 3.05) is 13.1 Å². The predicted molar refractivity (Wildman–Crippen MR) is 123 cm³/mol. The Kier molecular flexibility index (Phi) is 6.30. The Balaban J connectivity index is 1.42. The van der Waals surface area contributed by atoms with Crippen LogP contribution in [0.15, 0.2) is 54.7 Å². The molecule has 0 aliphatic carbocycles. The number of aliphatic carboxylic acids is 1. The monoisotopic (exact) mass is 420 g/mol. The zero-order chi connectivity index (χ0) is 21.1. The average Bonchev–Trinajstić information content (AvgIpc) is 3.25. The molecule has 0 radical (unpaired) electrons. The lowest BCUT2D eigenvalue weighted by atomic mass is 9.98. The zero-order valence-electron chi connectivity index (χ0n) is 17.5. The van der Waals surface area contributed by atoms with Gasteiger partial charge < -0.3 is 5.11 Å². The van der Waals surface area contributed by atoms with Gasteiger partial charge in [-0.2, -0.15) is 0 Å². The normalized spacial score (nSPS) is 17.4. The topological polar surface area (TPSA) is 53.4 Å². The minimum atomic E-state index is -0.673. The smallest absolute Gasteiger partial charge is 0.307 e. The van der Waals surface area contributed by atoms with E-state index in [1.807, 2.05) is 6.20 Å². The highest BCUT2D eigenvalue weighted by Gasteiger charge is 2.25. The third-order valence-electron chi connectivity index (χ3n) is 5.83. The van der Waals surface area contributed by atoms with Gasteiger partial charge in [-0.25, -0.2) is 4.98 Å². The number of hydrogen-bond donors (Lipinski definition) is 1. The molecule has 4 rings (SSSR count). The molecule has 4 nitrogen and oxygen atoms in total. The van der Waals surface area contributed by atoms with Crippen molar-refractivity contribution in [2.24, 2.45) is 5.92 Å². The highest BCUT2D eigenvalue weighted by atomic mass is 32.1. The van der Waals surface area contributed by atoms with Crippen LogP contribution in [-0.2, 0) is 11.3 Å². The van der Waals surface area contributed by atoms with Crippen LogP contribution in [0.2, 0.25) is 0 Å². The van der Waals surface area contributed by atoms with Crippen LogP contribution in [0.5, 0.6) is 0 Å². The fourth-order valence-electron chi connectivity index (χ4n) is 3.98. The van der Waals surface area contributed by atoms with Gasteiger partial charge in [0, 0.05) is 24.8 Å². The molecule has 156 valence electrons. The molecule has 5 heteroatoms. The van der Waals surface area contributed by atoms with Crippen LogP contribution in [0.1, 0.15) is 43.7 Å². The minimum Gasteiger partial charge on any atom is -0.481 e. The molecule has 1 fully saturated rings. The number of aromatic nitrogens is 1. The first kappa shape index (κ1) is 20.8. The third kappa shape index (κ3) is 4.79. The van der Waals surface area contributed by atoms with E-state index >= 15 is 0 Å². The van der Waals surface area contributed by atoms with Crippen LogP contribution in [0, 0.1) is 5.92 Å². The second-order valence-electron chi connectivity index (χ2n) is 8.42. The van der Waals surface area contributed by atoms with Crippen molar-refractivity contribution in [1.82, 2.24) is 9.88 Å². The van der Waals surface area contributed by atoms with E-state index in [4.69, 9.17) is 0 Å². The molecule has 3 aromatic rings. The Morgan fingerprint density at radius 3 is 2.50 bits per heavy atom. The SMILES string of the molecule is CC(C)c1ccc(-c2cnc(-c3ccc(CN4CCCC(C(=O)O)C4)cc3)s2)cc1. The van der Waals surface area contributed by atoms with E-state index in [0.29, 0.717) is 12.5 Å². The van der Waals surface area contributed by atoms with Crippen LogP contribution in [0.25, 0.3) is 21.0 Å². The number of rotatable bonds is 6. The Labute approximate surface area is 182 Å². The molecule has 1 aromatic heterocycles. The third-order valence-corrected chi connectivity index (χ3v) is 6.92. The van der Waals surface area contributed by atoms with Gasteiger partial charge in [0.2, 0.25) is 0 Å². The number of carbonyl (C=O) groups is 1. The van der Waals surface area contributed by atoms with E-state index in [9.17, 15) is 9.90 Å². The van der Waals surface area contributed by atoms with Gasteiger partial charge in [0.1, 0.15) is 5.01 Å². The standard InChI is InChI=1S/C25H28N2O2S/c1-17(2)19-9-11-20(12-10-19)23-14-26-24(30-23)21-7-5-18(6-8-21)15-27-13-3-4-22(16-27)25(28)29/h5-12,14,17,22H,3-4,13,15-16H2,1-2H3,(H,28,29). The van der Waals surface area contributed by atoms with Gasteiger partial charge in [-0.05, 0) is 42.0 Å². The number of piperidine rings is 1. The number of hydrogen-bond acceptors (Lipinski definition) is 4. The van der Waals surface area contributed by atoms with Gasteiger partial charge in [0.25, 0.3) is 0 Å². The maximum atomic E-state index is 11.3. The molecule has 0 spiro atoms. The van der Waals surface area contributed by atoms with E-state index in [0.717, 1.165) is 36.5 Å². The summed E-state index contributed by atoms with van der Waals surface area (Å²) in [7, 11) is 0. The molecule has 0 bridgehead atoms. The van der Waals surface area contributed by atoms with Gasteiger partial charge in [0.15, 0.2) is 0 Å². The fourth-order valence-corrected chi connectivity index (χ4v) is 4.91. The number of thiazole rings is 1. The maximum Gasteiger partial charge on any atom is 0.307 e. The first-order chi connectivity index (χ1) is 14.5. The number of likely N-dealkylation sites (tertiary alicyclic amines) is 1. The second-order valence-corrected chi connectivity index (χ2v) is 9.45. The van der Waals surface area contributed by atoms with Crippen molar-refractivity contribution in [3.63, 3.8) is 0 Å². The molecule has 30 heavy (non-hydrogen) atoms. The van der Waals surface area contributed by atoms with Crippen molar-refractivity contribution >= 4 is 17.3 Å². The lowest BCUT2D eigenvalue weighted by Crippen LogP contribution is -2.38. The molecule has 2 aromatic carbocycles. The van der Waals surface area contributed by atoms with Crippen molar-refractivity contribution in [2.45, 2.75) is 39.2 Å². The summed E-state index contributed by atoms with van der Waals surface area (Å²) in [5, 5.41) is 10.3. The largest absolute Gasteiger partial charge is 0.481 e. The molecule has 0 saturated carbocycles. The first-order valence-electron chi connectivity index (χ1n) is 10.6. The molecular formula is C25H28N2O2S. The zero-order valence-corrected chi connectivity index (χ0v) is 18.4. The Hall–Kier alpha value is -2.50. The maximum absolute atomic E-state index is 11.3. The Bertz CT molecular complexity index is 993. The number of nitrogens with zero attached hydrogens (tertiary/aromatic N) is 2. The summed E-state index contributed by atoms with van der Waals surface area (Å²) in [6.07, 6.45) is 3.70. The Morgan fingerprint density at radius 1 is 1.13 bits per heavy atom. The summed E-state index contributed by atoms with van der Waals surface area (Å²) >= 11 is 1.71. The number of carboxylic acid groups (broad SMARTS) is 1. The van der Waals surface area contributed by atoms with Crippen molar-refractivity contribution in [1.29, 1.82) is 0 Å². The quantitative estimate of drug-likeness (QED) is 0.540. The molecule has 1 unspecified atom stereocenters. The lowest BCUT2D eigenvalue weighted by molar-refractivity contribution is -0.143. The first-order valence-corrected chi connectivity index (χ1v) is 11.4. The van der Waals surface area contributed by atoms with Crippen molar-refractivity contribution < 1.29 is 9.90 Å². The average molecular weight is 421 g/mol. The molecule has 1 aliphatic rings. The summed E-state index contributed by atoms with van der Waals surface area (Å²) in [5.41, 5.74) is 4.89. The summed E-state index contributed by atoms with van der Waals surface area (Å²) in [6.45, 7) is 6.83. The summed E-state index contributed by atoms with van der Waals surface area (Å²) in [5.74, 6) is -0.371. The van der Waals surface area contributed by atoms with Crippen LogP contribution in [0.4, 0.5) is 0 Å². The van der Waals surface area contributed by atoms with Crippen LogP contribution >= 0.6 is 11.3 Å². The van der Waals surface area contributed by atoms with Gasteiger partial charge in [-0.1, -0.05) is 62.4 Å². The minimum absolute atomic E-state index is 0.235. The summed E-state index contributed by atoms with van der Waals surface area (Å²) < 4.78 is 0. The van der Waals surface area contributed by atoms with E-state index < -0.39 is 5.97 Å². The van der Waals surface area contributed by atoms with Gasteiger partial charge >= 0.3 is 5.97 Å². The van der Waals surface area contributed by atoms with Crippen LogP contribution in [-0.4, -0.2) is 34.0 Å². The number of carboxylic acids is 1. The molecular weight excluding hydrogens is 392 g/mol.